The lowest BCUT2D eigenvalue weighted by molar-refractivity contribution is -0.119. The summed E-state index contributed by atoms with van der Waals surface area (Å²) in [5.41, 5.74) is 0.366. The molecule has 0 fully saturated rings. The van der Waals surface area contributed by atoms with Crippen molar-refractivity contribution in [1.82, 2.24) is 9.97 Å². The Labute approximate surface area is 92.7 Å². The molecule has 1 rings (SSSR count). The molecule has 0 spiro atoms. The summed E-state index contributed by atoms with van der Waals surface area (Å²) in [6.07, 6.45) is 1.40. The van der Waals surface area contributed by atoms with Gasteiger partial charge in [-0.25, -0.2) is 4.98 Å². The number of rotatable bonds is 5. The molecule has 0 atom stereocenters. The van der Waals surface area contributed by atoms with E-state index >= 15 is 0 Å². The number of nitrogens with zero attached hydrogens (tertiary/aromatic N) is 2. The SMILES string of the molecule is COCC(=O)Nc1cnc(OC)nc1OC. The van der Waals surface area contributed by atoms with Crippen LogP contribution in [0.4, 0.5) is 5.69 Å². The number of amides is 1. The molecule has 7 heteroatoms. The van der Waals surface area contributed by atoms with Crippen LogP contribution in [-0.2, 0) is 9.53 Å². The lowest BCUT2D eigenvalue weighted by Crippen LogP contribution is -2.18. The van der Waals surface area contributed by atoms with Gasteiger partial charge in [-0.3, -0.25) is 4.79 Å². The number of hydrogen-bond donors (Lipinski definition) is 1. The van der Waals surface area contributed by atoms with Crippen molar-refractivity contribution >= 4 is 11.6 Å². The van der Waals surface area contributed by atoms with Gasteiger partial charge in [-0.2, -0.15) is 4.98 Å². The molecule has 0 aliphatic carbocycles. The van der Waals surface area contributed by atoms with Gasteiger partial charge in [0, 0.05) is 7.11 Å². The number of anilines is 1. The number of ether oxygens (including phenoxy) is 3. The summed E-state index contributed by atoms with van der Waals surface area (Å²) in [5.74, 6) is -0.0779. The number of carbonyl (C=O) groups excluding carboxylic acids is 1. The predicted molar refractivity (Wildman–Crippen MR) is 55.6 cm³/mol. The molecule has 7 nitrogen and oxygen atoms in total. The lowest BCUT2D eigenvalue weighted by atomic mass is 10.4. The third-order valence-electron chi connectivity index (χ3n) is 1.66. The fourth-order valence-corrected chi connectivity index (χ4v) is 1.01. The quantitative estimate of drug-likeness (QED) is 0.767. The highest BCUT2D eigenvalue weighted by Gasteiger charge is 2.10. The second kappa shape index (κ2) is 5.86. The fourth-order valence-electron chi connectivity index (χ4n) is 1.01. The zero-order chi connectivity index (χ0) is 12.0. The third-order valence-corrected chi connectivity index (χ3v) is 1.66. The van der Waals surface area contributed by atoms with Crippen LogP contribution in [0, 0.1) is 0 Å². The van der Waals surface area contributed by atoms with Crippen LogP contribution in [0.25, 0.3) is 0 Å². The molecule has 0 aromatic carbocycles. The van der Waals surface area contributed by atoms with E-state index in [4.69, 9.17) is 9.47 Å². The Morgan fingerprint density at radius 1 is 1.38 bits per heavy atom. The molecule has 88 valence electrons. The molecule has 1 aromatic heterocycles. The van der Waals surface area contributed by atoms with Gasteiger partial charge in [0.1, 0.15) is 12.3 Å². The van der Waals surface area contributed by atoms with Crippen molar-refractivity contribution in [3.05, 3.63) is 6.20 Å². The molecular weight excluding hydrogens is 214 g/mol. The number of carbonyl (C=O) groups is 1. The van der Waals surface area contributed by atoms with Crippen molar-refractivity contribution in [2.75, 3.05) is 33.3 Å². The second-order valence-electron chi connectivity index (χ2n) is 2.76. The molecular formula is C9H13N3O4. The standard InChI is InChI=1S/C9H13N3O4/c1-14-5-7(13)11-6-4-10-9(16-3)12-8(6)15-2/h4H,5H2,1-3H3,(H,11,13). The van der Waals surface area contributed by atoms with Crippen molar-refractivity contribution in [3.63, 3.8) is 0 Å². The molecule has 0 saturated carbocycles. The Bertz CT molecular complexity index is 370. The van der Waals surface area contributed by atoms with E-state index in [0.717, 1.165) is 0 Å². The zero-order valence-corrected chi connectivity index (χ0v) is 9.31. The Kier molecular flexibility index (Phi) is 4.46. The maximum Gasteiger partial charge on any atom is 0.319 e. The number of hydrogen-bond acceptors (Lipinski definition) is 6. The van der Waals surface area contributed by atoms with Gasteiger partial charge in [-0.15, -0.1) is 0 Å². The van der Waals surface area contributed by atoms with E-state index in [0.29, 0.717) is 5.69 Å². The minimum Gasteiger partial charge on any atom is -0.479 e. The highest BCUT2D eigenvalue weighted by molar-refractivity contribution is 5.92. The average molecular weight is 227 g/mol. The minimum atomic E-state index is -0.311. The van der Waals surface area contributed by atoms with E-state index in [1.165, 1.54) is 27.5 Å². The number of aromatic nitrogens is 2. The van der Waals surface area contributed by atoms with E-state index < -0.39 is 0 Å². The molecule has 1 N–H and O–H groups in total. The molecule has 0 aliphatic rings. The molecule has 0 bridgehead atoms. The molecule has 0 saturated heterocycles. The van der Waals surface area contributed by atoms with Gasteiger partial charge in [0.05, 0.1) is 20.4 Å². The van der Waals surface area contributed by atoms with Crippen molar-refractivity contribution in [2.45, 2.75) is 0 Å². The first-order valence-electron chi connectivity index (χ1n) is 4.45. The van der Waals surface area contributed by atoms with E-state index in [2.05, 4.69) is 20.0 Å². The summed E-state index contributed by atoms with van der Waals surface area (Å²) in [6.45, 7) is -0.0464. The highest BCUT2D eigenvalue weighted by atomic mass is 16.5. The molecule has 0 radical (unpaired) electrons. The predicted octanol–water partition coefficient (Wildman–Crippen LogP) is 0.0787. The summed E-state index contributed by atoms with van der Waals surface area (Å²) in [7, 11) is 4.31. The minimum absolute atomic E-state index is 0.0464. The van der Waals surface area contributed by atoms with Crippen molar-refractivity contribution in [2.24, 2.45) is 0 Å². The molecule has 0 aliphatic heterocycles. The van der Waals surface area contributed by atoms with Crippen LogP contribution in [-0.4, -0.2) is 43.8 Å². The summed E-state index contributed by atoms with van der Waals surface area (Å²) >= 11 is 0. The summed E-state index contributed by atoms with van der Waals surface area (Å²) in [5, 5.41) is 2.54. The summed E-state index contributed by atoms with van der Waals surface area (Å²) in [6, 6.07) is 0.168. The third kappa shape index (κ3) is 3.06. The van der Waals surface area contributed by atoms with Gasteiger partial charge >= 0.3 is 6.01 Å². The number of nitrogens with one attached hydrogen (secondary N) is 1. The second-order valence-corrected chi connectivity index (χ2v) is 2.76. The topological polar surface area (TPSA) is 82.6 Å². The first kappa shape index (κ1) is 12.2. The van der Waals surface area contributed by atoms with Crippen LogP contribution >= 0.6 is 0 Å². The number of methoxy groups -OCH3 is 3. The first-order valence-corrected chi connectivity index (χ1v) is 4.45. The van der Waals surface area contributed by atoms with Gasteiger partial charge < -0.3 is 19.5 Å². The Morgan fingerprint density at radius 2 is 2.12 bits per heavy atom. The van der Waals surface area contributed by atoms with Crippen molar-refractivity contribution < 1.29 is 19.0 Å². The maximum absolute atomic E-state index is 11.3. The van der Waals surface area contributed by atoms with Crippen LogP contribution in [0.5, 0.6) is 11.9 Å². The Balaban J connectivity index is 2.83. The van der Waals surface area contributed by atoms with Crippen LogP contribution in [0.2, 0.25) is 0 Å². The van der Waals surface area contributed by atoms with Gasteiger partial charge in [-0.1, -0.05) is 0 Å². The van der Waals surface area contributed by atoms with Crippen LogP contribution in [0.1, 0.15) is 0 Å². The summed E-state index contributed by atoms with van der Waals surface area (Å²) in [4.78, 5) is 19.0. The molecule has 16 heavy (non-hydrogen) atoms. The van der Waals surface area contributed by atoms with E-state index in [9.17, 15) is 4.79 Å². The van der Waals surface area contributed by atoms with Gasteiger partial charge in [0.25, 0.3) is 5.91 Å². The van der Waals surface area contributed by atoms with E-state index in [1.54, 1.807) is 0 Å². The zero-order valence-electron chi connectivity index (χ0n) is 9.31. The van der Waals surface area contributed by atoms with Crippen LogP contribution < -0.4 is 14.8 Å². The molecule has 0 unspecified atom stereocenters. The van der Waals surface area contributed by atoms with Gasteiger partial charge in [0.15, 0.2) is 0 Å². The largest absolute Gasteiger partial charge is 0.479 e. The van der Waals surface area contributed by atoms with E-state index in [-0.39, 0.29) is 24.4 Å². The highest BCUT2D eigenvalue weighted by Crippen LogP contribution is 2.22. The normalized spacial score (nSPS) is 9.69. The smallest absolute Gasteiger partial charge is 0.319 e. The first-order chi connectivity index (χ1) is 7.71. The molecule has 1 aromatic rings. The van der Waals surface area contributed by atoms with Crippen LogP contribution in [0.3, 0.4) is 0 Å². The van der Waals surface area contributed by atoms with Crippen molar-refractivity contribution in [3.8, 4) is 11.9 Å². The van der Waals surface area contributed by atoms with Gasteiger partial charge in [-0.05, 0) is 0 Å². The Morgan fingerprint density at radius 3 is 2.69 bits per heavy atom. The van der Waals surface area contributed by atoms with Crippen molar-refractivity contribution in [1.29, 1.82) is 0 Å². The average Bonchev–Trinajstić information content (AvgIpc) is 2.30. The molecule has 1 heterocycles. The monoisotopic (exact) mass is 227 g/mol. The van der Waals surface area contributed by atoms with Crippen LogP contribution in [0.15, 0.2) is 6.20 Å². The summed E-state index contributed by atoms with van der Waals surface area (Å²) < 4.78 is 14.5. The Hall–Kier alpha value is -1.89. The van der Waals surface area contributed by atoms with E-state index in [1.807, 2.05) is 0 Å². The maximum atomic E-state index is 11.3. The fraction of sp³-hybridized carbons (Fsp3) is 0.444. The molecule has 1 amide bonds. The lowest BCUT2D eigenvalue weighted by Gasteiger charge is -2.08. The van der Waals surface area contributed by atoms with Gasteiger partial charge in [0.2, 0.25) is 5.88 Å².